The fourth-order valence-electron chi connectivity index (χ4n) is 0.977. The molecule has 0 aromatic rings. The number of amides is 1. The Morgan fingerprint density at radius 2 is 2.13 bits per heavy atom. The van der Waals surface area contributed by atoms with E-state index in [9.17, 15) is 9.59 Å². The maximum absolute atomic E-state index is 11.2. The first kappa shape index (κ1) is 14.2. The van der Waals surface area contributed by atoms with Crippen molar-refractivity contribution in [3.05, 3.63) is 0 Å². The molecule has 3 N–H and O–H groups in total. The van der Waals surface area contributed by atoms with Gasteiger partial charge in [0, 0.05) is 0 Å². The second kappa shape index (κ2) is 8.55. The lowest BCUT2D eigenvalue weighted by Crippen LogP contribution is -2.44. The second-order valence-corrected chi connectivity index (χ2v) is 4.01. The van der Waals surface area contributed by atoms with Gasteiger partial charge in [-0.25, -0.2) is 4.79 Å². The van der Waals surface area contributed by atoms with Crippen LogP contribution < -0.4 is 10.6 Å². The Labute approximate surface area is 94.0 Å². The van der Waals surface area contributed by atoms with Crippen LogP contribution in [0.4, 0.5) is 0 Å². The Balaban J connectivity index is 3.93. The van der Waals surface area contributed by atoms with Crippen molar-refractivity contribution in [3.8, 4) is 0 Å². The zero-order chi connectivity index (χ0) is 11.7. The molecule has 0 rings (SSSR count). The van der Waals surface area contributed by atoms with Crippen LogP contribution in [0, 0.1) is 0 Å². The van der Waals surface area contributed by atoms with Crippen LogP contribution in [-0.2, 0) is 9.59 Å². The monoisotopic (exact) mass is 234 g/mol. The Hall–Kier alpha value is -0.750. The quantitative estimate of drug-likeness (QED) is 0.547. The van der Waals surface area contributed by atoms with Crippen LogP contribution in [0.2, 0.25) is 0 Å². The van der Waals surface area contributed by atoms with Gasteiger partial charge in [-0.2, -0.15) is 11.8 Å². The lowest BCUT2D eigenvalue weighted by molar-refractivity contribution is -0.141. The van der Waals surface area contributed by atoms with Crippen molar-refractivity contribution >= 4 is 23.6 Å². The summed E-state index contributed by atoms with van der Waals surface area (Å²) in [6.07, 6.45) is 2.35. The van der Waals surface area contributed by atoms with Crippen molar-refractivity contribution in [3.63, 3.8) is 0 Å². The van der Waals surface area contributed by atoms with Gasteiger partial charge >= 0.3 is 5.97 Å². The zero-order valence-electron chi connectivity index (χ0n) is 9.08. The zero-order valence-corrected chi connectivity index (χ0v) is 9.89. The predicted molar refractivity (Wildman–Crippen MR) is 61.1 cm³/mol. The standard InChI is InChI=1S/C9H18N2O3S/c1-3-10-6-8(12)11-7(9(13)14)4-5-15-2/h7,10H,3-6H2,1-2H3,(H,11,12)(H,13,14). The molecule has 1 atom stereocenters. The van der Waals surface area contributed by atoms with E-state index in [1.807, 2.05) is 13.2 Å². The highest BCUT2D eigenvalue weighted by molar-refractivity contribution is 7.98. The molecule has 15 heavy (non-hydrogen) atoms. The first-order chi connectivity index (χ1) is 7.11. The van der Waals surface area contributed by atoms with Gasteiger partial charge in [-0.1, -0.05) is 6.92 Å². The van der Waals surface area contributed by atoms with Crippen molar-refractivity contribution in [2.24, 2.45) is 0 Å². The molecule has 0 bridgehead atoms. The highest BCUT2D eigenvalue weighted by atomic mass is 32.2. The molecule has 0 heterocycles. The van der Waals surface area contributed by atoms with E-state index in [4.69, 9.17) is 5.11 Å². The maximum Gasteiger partial charge on any atom is 0.326 e. The number of rotatable bonds is 8. The number of carboxylic acid groups (broad SMARTS) is 1. The average molecular weight is 234 g/mol. The number of thioether (sulfide) groups is 1. The number of nitrogens with one attached hydrogen (secondary N) is 2. The van der Waals surface area contributed by atoms with E-state index in [2.05, 4.69) is 10.6 Å². The summed E-state index contributed by atoms with van der Waals surface area (Å²) in [5, 5.41) is 14.1. The molecule has 0 aromatic heterocycles. The number of hydrogen-bond donors (Lipinski definition) is 3. The lowest BCUT2D eigenvalue weighted by atomic mass is 10.2. The van der Waals surface area contributed by atoms with E-state index in [-0.39, 0.29) is 12.5 Å². The van der Waals surface area contributed by atoms with Gasteiger partial charge in [-0.05, 0) is 25.0 Å². The van der Waals surface area contributed by atoms with Crippen molar-refractivity contribution in [1.29, 1.82) is 0 Å². The molecular formula is C9H18N2O3S. The predicted octanol–water partition coefficient (Wildman–Crippen LogP) is -0.0816. The molecule has 0 spiro atoms. The average Bonchev–Trinajstić information content (AvgIpc) is 2.20. The molecule has 88 valence electrons. The molecule has 0 saturated carbocycles. The number of carboxylic acids is 1. The Kier molecular flexibility index (Phi) is 8.12. The molecule has 0 aliphatic rings. The summed E-state index contributed by atoms with van der Waals surface area (Å²) in [5.74, 6) is -0.530. The summed E-state index contributed by atoms with van der Waals surface area (Å²) in [6.45, 7) is 2.74. The Morgan fingerprint density at radius 3 is 2.60 bits per heavy atom. The van der Waals surface area contributed by atoms with Gasteiger partial charge in [0.05, 0.1) is 6.54 Å². The van der Waals surface area contributed by atoms with Crippen molar-refractivity contribution < 1.29 is 14.7 Å². The van der Waals surface area contributed by atoms with E-state index in [0.717, 1.165) is 5.75 Å². The lowest BCUT2D eigenvalue weighted by Gasteiger charge is -2.13. The minimum Gasteiger partial charge on any atom is -0.480 e. The minimum atomic E-state index is -0.978. The summed E-state index contributed by atoms with van der Waals surface area (Å²) in [4.78, 5) is 22.0. The topological polar surface area (TPSA) is 78.4 Å². The van der Waals surface area contributed by atoms with Crippen LogP contribution in [0.25, 0.3) is 0 Å². The summed E-state index contributed by atoms with van der Waals surface area (Å²) >= 11 is 1.56. The third-order valence-electron chi connectivity index (χ3n) is 1.78. The van der Waals surface area contributed by atoms with Gasteiger partial charge in [0.1, 0.15) is 6.04 Å². The molecule has 0 aliphatic heterocycles. The second-order valence-electron chi connectivity index (χ2n) is 3.02. The van der Waals surface area contributed by atoms with Crippen LogP contribution in [0.1, 0.15) is 13.3 Å². The molecular weight excluding hydrogens is 216 g/mol. The summed E-state index contributed by atoms with van der Waals surface area (Å²) in [5.41, 5.74) is 0. The summed E-state index contributed by atoms with van der Waals surface area (Å²) < 4.78 is 0. The summed E-state index contributed by atoms with van der Waals surface area (Å²) in [6, 6.07) is -0.774. The minimum absolute atomic E-state index is 0.166. The van der Waals surface area contributed by atoms with Crippen LogP contribution >= 0.6 is 11.8 Å². The van der Waals surface area contributed by atoms with Crippen LogP contribution in [0.3, 0.4) is 0 Å². The third-order valence-corrected chi connectivity index (χ3v) is 2.42. The maximum atomic E-state index is 11.2. The van der Waals surface area contributed by atoms with Crippen molar-refractivity contribution in [2.45, 2.75) is 19.4 Å². The van der Waals surface area contributed by atoms with Gasteiger partial charge in [0.25, 0.3) is 0 Å². The van der Waals surface area contributed by atoms with Crippen molar-refractivity contribution in [2.75, 3.05) is 25.1 Å². The van der Waals surface area contributed by atoms with Gasteiger partial charge < -0.3 is 15.7 Å². The van der Waals surface area contributed by atoms with Gasteiger partial charge in [0.2, 0.25) is 5.91 Å². The van der Waals surface area contributed by atoms with Crippen LogP contribution in [0.5, 0.6) is 0 Å². The fourth-order valence-corrected chi connectivity index (χ4v) is 1.45. The molecule has 6 heteroatoms. The summed E-state index contributed by atoms with van der Waals surface area (Å²) in [7, 11) is 0. The van der Waals surface area contributed by atoms with Gasteiger partial charge in [0.15, 0.2) is 0 Å². The molecule has 0 aromatic carbocycles. The van der Waals surface area contributed by atoms with E-state index in [1.54, 1.807) is 11.8 Å². The Morgan fingerprint density at radius 1 is 1.47 bits per heavy atom. The molecule has 0 aliphatic carbocycles. The highest BCUT2D eigenvalue weighted by Crippen LogP contribution is 2.00. The number of likely N-dealkylation sites (N-methyl/N-ethyl adjacent to an activating group) is 1. The van der Waals surface area contributed by atoms with E-state index in [0.29, 0.717) is 13.0 Å². The molecule has 1 unspecified atom stereocenters. The smallest absolute Gasteiger partial charge is 0.326 e. The molecule has 5 nitrogen and oxygen atoms in total. The molecule has 1 amide bonds. The third kappa shape index (κ3) is 7.21. The van der Waals surface area contributed by atoms with Gasteiger partial charge in [-0.3, -0.25) is 4.79 Å². The number of carbonyl (C=O) groups is 2. The number of aliphatic carboxylic acids is 1. The first-order valence-corrected chi connectivity index (χ1v) is 6.23. The van der Waals surface area contributed by atoms with E-state index >= 15 is 0 Å². The highest BCUT2D eigenvalue weighted by Gasteiger charge is 2.18. The largest absolute Gasteiger partial charge is 0.480 e. The molecule has 0 radical (unpaired) electrons. The first-order valence-electron chi connectivity index (χ1n) is 4.83. The van der Waals surface area contributed by atoms with Crippen LogP contribution in [0.15, 0.2) is 0 Å². The van der Waals surface area contributed by atoms with Crippen molar-refractivity contribution in [1.82, 2.24) is 10.6 Å². The fraction of sp³-hybridized carbons (Fsp3) is 0.778. The van der Waals surface area contributed by atoms with Gasteiger partial charge in [-0.15, -0.1) is 0 Å². The van der Waals surface area contributed by atoms with E-state index < -0.39 is 12.0 Å². The SMILES string of the molecule is CCNCC(=O)NC(CCSC)C(=O)O. The number of hydrogen-bond acceptors (Lipinski definition) is 4. The Bertz CT molecular complexity index is 212. The van der Waals surface area contributed by atoms with Crippen LogP contribution in [-0.4, -0.2) is 48.1 Å². The number of carbonyl (C=O) groups excluding carboxylic acids is 1. The normalized spacial score (nSPS) is 12.1. The molecule has 0 saturated heterocycles. The molecule has 0 fully saturated rings. The van der Waals surface area contributed by atoms with E-state index in [1.165, 1.54) is 0 Å².